The number of benzene rings is 1. The zero-order valence-corrected chi connectivity index (χ0v) is 14.6. The Balaban J connectivity index is 0.00000242. The summed E-state index contributed by atoms with van der Waals surface area (Å²) in [5.74, 6) is -0.501. The van der Waals surface area contributed by atoms with Gasteiger partial charge >= 0.3 is 0 Å². The van der Waals surface area contributed by atoms with Crippen molar-refractivity contribution < 1.29 is 9.18 Å². The van der Waals surface area contributed by atoms with Gasteiger partial charge in [-0.05, 0) is 25.1 Å². The van der Waals surface area contributed by atoms with E-state index in [2.05, 4.69) is 15.5 Å². The Hall–Kier alpha value is -1.14. The van der Waals surface area contributed by atoms with Crippen LogP contribution in [0.25, 0.3) is 6.08 Å². The smallest absolute Gasteiger partial charge is 0.244 e. The van der Waals surface area contributed by atoms with E-state index in [1.54, 1.807) is 18.2 Å². The van der Waals surface area contributed by atoms with Crippen LogP contribution in [0.1, 0.15) is 12.0 Å². The molecule has 4 nitrogen and oxygen atoms in total. The molecule has 130 valence electrons. The molecule has 1 saturated heterocycles. The van der Waals surface area contributed by atoms with Crippen molar-refractivity contribution in [3.05, 3.63) is 41.7 Å². The molecule has 0 aromatic heterocycles. The Morgan fingerprint density at radius 1 is 1.26 bits per heavy atom. The summed E-state index contributed by atoms with van der Waals surface area (Å²) in [4.78, 5) is 14.0. The van der Waals surface area contributed by atoms with Crippen LogP contribution in [-0.4, -0.2) is 50.1 Å². The van der Waals surface area contributed by atoms with Crippen LogP contribution in [0.3, 0.4) is 0 Å². The average molecular weight is 364 g/mol. The van der Waals surface area contributed by atoms with E-state index < -0.39 is 0 Å². The highest BCUT2D eigenvalue weighted by Crippen LogP contribution is 2.07. The number of carbonyl (C=O) groups excluding carboxylic acids is 1. The highest BCUT2D eigenvalue weighted by Gasteiger charge is 2.08. The van der Waals surface area contributed by atoms with E-state index >= 15 is 0 Å². The highest BCUT2D eigenvalue weighted by atomic mass is 35.5. The van der Waals surface area contributed by atoms with Gasteiger partial charge in [-0.25, -0.2) is 4.39 Å². The summed E-state index contributed by atoms with van der Waals surface area (Å²) in [6.45, 7) is 5.86. The molecule has 0 radical (unpaired) electrons. The van der Waals surface area contributed by atoms with Crippen molar-refractivity contribution in [2.45, 2.75) is 6.42 Å². The zero-order valence-electron chi connectivity index (χ0n) is 13.0. The van der Waals surface area contributed by atoms with Crippen molar-refractivity contribution in [2.24, 2.45) is 0 Å². The lowest BCUT2D eigenvalue weighted by Gasteiger charge is -2.26. The molecule has 1 aliphatic heterocycles. The van der Waals surface area contributed by atoms with E-state index in [9.17, 15) is 9.18 Å². The maximum atomic E-state index is 13.4. The Morgan fingerprint density at radius 2 is 1.96 bits per heavy atom. The monoisotopic (exact) mass is 363 g/mol. The lowest BCUT2D eigenvalue weighted by atomic mass is 10.2. The third-order valence-corrected chi connectivity index (χ3v) is 3.48. The number of nitrogens with one attached hydrogen (secondary N) is 2. The third-order valence-electron chi connectivity index (χ3n) is 3.48. The summed E-state index contributed by atoms with van der Waals surface area (Å²) in [6.07, 6.45) is 3.81. The first-order chi connectivity index (χ1) is 10.3. The highest BCUT2D eigenvalue weighted by molar-refractivity contribution is 5.91. The van der Waals surface area contributed by atoms with Crippen LogP contribution in [0, 0.1) is 5.82 Å². The molecular formula is C16H24Cl2FN3O. The van der Waals surface area contributed by atoms with Gasteiger partial charge in [0.1, 0.15) is 5.82 Å². The maximum absolute atomic E-state index is 13.4. The summed E-state index contributed by atoms with van der Waals surface area (Å²) in [5.41, 5.74) is 0.425. The molecule has 0 saturated carbocycles. The molecule has 1 aliphatic rings. The second-order valence-corrected chi connectivity index (χ2v) is 5.09. The molecule has 0 bridgehead atoms. The van der Waals surface area contributed by atoms with Gasteiger partial charge in [0.2, 0.25) is 5.91 Å². The number of hydrogen-bond acceptors (Lipinski definition) is 3. The van der Waals surface area contributed by atoms with Gasteiger partial charge in [0.15, 0.2) is 0 Å². The number of nitrogens with zero attached hydrogens (tertiary/aromatic N) is 1. The molecule has 2 N–H and O–H groups in total. The normalized spacial score (nSPS) is 14.8. The molecule has 0 atom stereocenters. The van der Waals surface area contributed by atoms with Gasteiger partial charge in [-0.3, -0.25) is 4.79 Å². The summed E-state index contributed by atoms with van der Waals surface area (Å²) in [5, 5.41) is 6.13. The van der Waals surface area contributed by atoms with Crippen molar-refractivity contribution >= 4 is 36.8 Å². The molecule has 23 heavy (non-hydrogen) atoms. The summed E-state index contributed by atoms with van der Waals surface area (Å²) in [6, 6.07) is 6.39. The molecule has 1 amide bonds. The number of piperazine rings is 1. The van der Waals surface area contributed by atoms with E-state index in [4.69, 9.17) is 0 Å². The standard InChI is InChI=1S/C16H22FN3O.2ClH/c17-15-5-2-1-4-14(15)6-7-16(21)19-8-3-11-20-12-9-18-10-13-20;;/h1-2,4-7,18H,3,8-13H2,(H,19,21);2*1H. The maximum Gasteiger partial charge on any atom is 0.244 e. The Labute approximate surface area is 149 Å². The number of carbonyl (C=O) groups is 1. The van der Waals surface area contributed by atoms with Crippen LogP contribution >= 0.6 is 24.8 Å². The van der Waals surface area contributed by atoms with Gasteiger partial charge in [-0.1, -0.05) is 18.2 Å². The molecule has 1 aromatic carbocycles. The van der Waals surface area contributed by atoms with Gasteiger partial charge in [0.05, 0.1) is 0 Å². The molecule has 1 fully saturated rings. The van der Waals surface area contributed by atoms with Crippen LogP contribution in [0.4, 0.5) is 4.39 Å². The van der Waals surface area contributed by atoms with E-state index in [0.717, 1.165) is 39.1 Å². The summed E-state index contributed by atoms with van der Waals surface area (Å²) in [7, 11) is 0. The van der Waals surface area contributed by atoms with Gasteiger partial charge < -0.3 is 15.5 Å². The van der Waals surface area contributed by atoms with Crippen molar-refractivity contribution in [1.82, 2.24) is 15.5 Å². The largest absolute Gasteiger partial charge is 0.353 e. The molecule has 0 aliphatic carbocycles. The Kier molecular flexibility index (Phi) is 11.7. The van der Waals surface area contributed by atoms with Crippen LogP contribution in [0.2, 0.25) is 0 Å². The second-order valence-electron chi connectivity index (χ2n) is 5.09. The third kappa shape index (κ3) is 8.32. The van der Waals surface area contributed by atoms with Crippen molar-refractivity contribution in [3.8, 4) is 0 Å². The predicted molar refractivity (Wildman–Crippen MR) is 96.9 cm³/mol. The van der Waals surface area contributed by atoms with Crippen molar-refractivity contribution in [2.75, 3.05) is 39.3 Å². The molecule has 7 heteroatoms. The minimum Gasteiger partial charge on any atom is -0.353 e. The number of rotatable bonds is 6. The van der Waals surface area contributed by atoms with Gasteiger partial charge in [-0.15, -0.1) is 24.8 Å². The van der Waals surface area contributed by atoms with E-state index in [1.165, 1.54) is 18.2 Å². The Bertz CT molecular complexity index is 494. The lowest BCUT2D eigenvalue weighted by Crippen LogP contribution is -2.44. The topological polar surface area (TPSA) is 44.4 Å². The SMILES string of the molecule is Cl.Cl.O=C(C=Cc1ccccc1F)NCCCN1CCNCC1. The van der Waals surface area contributed by atoms with Gasteiger partial charge in [-0.2, -0.15) is 0 Å². The number of halogens is 3. The van der Waals surface area contributed by atoms with Crippen molar-refractivity contribution in [1.29, 1.82) is 0 Å². The first-order valence-electron chi connectivity index (χ1n) is 7.39. The van der Waals surface area contributed by atoms with E-state index in [-0.39, 0.29) is 36.5 Å². The van der Waals surface area contributed by atoms with Crippen LogP contribution < -0.4 is 10.6 Å². The van der Waals surface area contributed by atoms with E-state index in [0.29, 0.717) is 12.1 Å². The predicted octanol–water partition coefficient (Wildman–Crippen LogP) is 2.09. The van der Waals surface area contributed by atoms with Crippen LogP contribution in [0.5, 0.6) is 0 Å². The lowest BCUT2D eigenvalue weighted by molar-refractivity contribution is -0.116. The first kappa shape index (κ1) is 21.9. The van der Waals surface area contributed by atoms with Crippen LogP contribution in [0.15, 0.2) is 30.3 Å². The summed E-state index contributed by atoms with van der Waals surface area (Å²) < 4.78 is 13.4. The fourth-order valence-corrected chi connectivity index (χ4v) is 2.28. The quantitative estimate of drug-likeness (QED) is 0.600. The van der Waals surface area contributed by atoms with Crippen molar-refractivity contribution in [3.63, 3.8) is 0 Å². The second kappa shape index (κ2) is 12.3. The fraction of sp³-hybridized carbons (Fsp3) is 0.438. The first-order valence-corrected chi connectivity index (χ1v) is 7.39. The minimum absolute atomic E-state index is 0. The van der Waals surface area contributed by atoms with Crippen LogP contribution in [-0.2, 0) is 4.79 Å². The van der Waals surface area contributed by atoms with Gasteiger partial charge in [0.25, 0.3) is 0 Å². The van der Waals surface area contributed by atoms with E-state index in [1.807, 2.05) is 0 Å². The molecule has 0 spiro atoms. The molecular weight excluding hydrogens is 340 g/mol. The molecule has 1 aromatic rings. The minimum atomic E-state index is -0.319. The average Bonchev–Trinajstić information content (AvgIpc) is 2.52. The number of amides is 1. The molecule has 1 heterocycles. The number of hydrogen-bond donors (Lipinski definition) is 2. The molecule has 0 unspecified atom stereocenters. The molecule has 2 rings (SSSR count). The van der Waals surface area contributed by atoms with Gasteiger partial charge in [0, 0.05) is 44.4 Å². The Morgan fingerprint density at radius 3 is 2.65 bits per heavy atom. The fourth-order valence-electron chi connectivity index (χ4n) is 2.28. The zero-order chi connectivity index (χ0) is 14.9. The summed E-state index contributed by atoms with van der Waals surface area (Å²) >= 11 is 0.